The lowest BCUT2D eigenvalue weighted by Gasteiger charge is -2.32. The fourth-order valence-corrected chi connectivity index (χ4v) is 6.78. The quantitative estimate of drug-likeness (QED) is 0.395. The molecule has 38 heavy (non-hydrogen) atoms. The van der Waals surface area contributed by atoms with Gasteiger partial charge in [0.05, 0.1) is 39.1 Å². The van der Waals surface area contributed by atoms with E-state index in [9.17, 15) is 18.8 Å². The average molecular weight is 529 g/mol. The Hall–Kier alpha value is -3.88. The number of para-hydroxylation sites is 2. The second-order valence-electron chi connectivity index (χ2n) is 10.4. The van der Waals surface area contributed by atoms with Crippen LogP contribution in [0.25, 0.3) is 16.6 Å². The molecule has 3 aromatic carbocycles. The molecular weight excluding hydrogens is 507 g/mol. The van der Waals surface area contributed by atoms with Crippen LogP contribution in [-0.4, -0.2) is 27.4 Å². The minimum Gasteiger partial charge on any atom is -0.296 e. The molecule has 7 nitrogen and oxygen atoms in total. The third kappa shape index (κ3) is 2.76. The standard InChI is InChI=1S/C29H22ClFN4O3/c1-14(2)24-22-23(27(38)34(26(22)37)15-11-12-19(31)18(30)13-15)29(33-24)17-8-4-6-10-21(17)35-25(36)16-7-3-5-9-20(16)32-28(29)35/h3-14,22-24,33H,1-2H3/t22-,23-,24+,29+/m1/s1. The first-order chi connectivity index (χ1) is 18.3. The van der Waals surface area contributed by atoms with Gasteiger partial charge in [-0.15, -0.1) is 0 Å². The molecule has 2 saturated heterocycles. The fraction of sp³-hybridized carbons (Fsp3) is 0.241. The zero-order valence-corrected chi connectivity index (χ0v) is 21.2. The monoisotopic (exact) mass is 528 g/mol. The van der Waals surface area contributed by atoms with Gasteiger partial charge in [0.25, 0.3) is 5.56 Å². The first-order valence-electron chi connectivity index (χ1n) is 12.5. The van der Waals surface area contributed by atoms with Crippen LogP contribution in [0.4, 0.5) is 10.1 Å². The van der Waals surface area contributed by atoms with Gasteiger partial charge >= 0.3 is 0 Å². The largest absolute Gasteiger partial charge is 0.296 e. The summed E-state index contributed by atoms with van der Waals surface area (Å²) in [5.74, 6) is -2.70. The number of anilines is 1. The van der Waals surface area contributed by atoms with Gasteiger partial charge in [-0.25, -0.2) is 14.3 Å². The van der Waals surface area contributed by atoms with Crippen molar-refractivity contribution in [2.45, 2.75) is 25.4 Å². The number of nitrogens with zero attached hydrogens (tertiary/aromatic N) is 3. The third-order valence-electron chi connectivity index (χ3n) is 8.18. The van der Waals surface area contributed by atoms with Gasteiger partial charge in [-0.2, -0.15) is 0 Å². The molecule has 4 aromatic rings. The highest BCUT2D eigenvalue weighted by Crippen LogP contribution is 2.56. The molecule has 4 heterocycles. The van der Waals surface area contributed by atoms with Crippen LogP contribution in [0.5, 0.6) is 0 Å². The maximum Gasteiger partial charge on any atom is 0.266 e. The van der Waals surface area contributed by atoms with E-state index in [-0.39, 0.29) is 34.1 Å². The van der Waals surface area contributed by atoms with E-state index < -0.39 is 29.1 Å². The minimum absolute atomic E-state index is 0.0243. The number of hydrogen-bond acceptors (Lipinski definition) is 5. The van der Waals surface area contributed by atoms with Crippen molar-refractivity contribution in [3.63, 3.8) is 0 Å². The van der Waals surface area contributed by atoms with Crippen LogP contribution in [0.15, 0.2) is 71.5 Å². The molecule has 1 aromatic heterocycles. The van der Waals surface area contributed by atoms with Crippen molar-refractivity contribution in [1.82, 2.24) is 14.9 Å². The number of nitrogens with one attached hydrogen (secondary N) is 1. The summed E-state index contributed by atoms with van der Waals surface area (Å²) in [6.45, 7) is 3.98. The first kappa shape index (κ1) is 23.3. The molecule has 7 rings (SSSR count). The molecule has 3 aliphatic rings. The van der Waals surface area contributed by atoms with Gasteiger partial charge in [-0.1, -0.05) is 55.8 Å². The summed E-state index contributed by atoms with van der Waals surface area (Å²) in [4.78, 5) is 48.2. The molecule has 190 valence electrons. The summed E-state index contributed by atoms with van der Waals surface area (Å²) in [7, 11) is 0. The van der Waals surface area contributed by atoms with Crippen molar-refractivity contribution >= 4 is 40.0 Å². The van der Waals surface area contributed by atoms with Crippen molar-refractivity contribution in [3.05, 3.63) is 99.3 Å². The van der Waals surface area contributed by atoms with E-state index in [4.69, 9.17) is 16.6 Å². The Balaban J connectivity index is 1.53. The van der Waals surface area contributed by atoms with Gasteiger partial charge in [0.15, 0.2) is 0 Å². The van der Waals surface area contributed by atoms with E-state index in [0.29, 0.717) is 22.4 Å². The van der Waals surface area contributed by atoms with Crippen molar-refractivity contribution in [2.24, 2.45) is 17.8 Å². The zero-order chi connectivity index (χ0) is 26.5. The topological polar surface area (TPSA) is 84.3 Å². The molecule has 0 unspecified atom stereocenters. The Morgan fingerprint density at radius 1 is 1.00 bits per heavy atom. The Morgan fingerprint density at radius 2 is 1.74 bits per heavy atom. The van der Waals surface area contributed by atoms with Crippen LogP contribution in [-0.2, 0) is 15.1 Å². The Morgan fingerprint density at radius 3 is 2.50 bits per heavy atom. The van der Waals surface area contributed by atoms with Gasteiger partial charge in [0.2, 0.25) is 11.8 Å². The predicted octanol–water partition coefficient (Wildman–Crippen LogP) is 4.17. The molecule has 4 atom stereocenters. The van der Waals surface area contributed by atoms with Gasteiger partial charge < -0.3 is 0 Å². The smallest absolute Gasteiger partial charge is 0.266 e. The summed E-state index contributed by atoms with van der Waals surface area (Å²) in [6, 6.07) is 18.0. The lowest BCUT2D eigenvalue weighted by Crippen LogP contribution is -2.51. The minimum atomic E-state index is -1.22. The second kappa shape index (κ2) is 7.82. The lowest BCUT2D eigenvalue weighted by molar-refractivity contribution is -0.123. The number of imide groups is 1. The number of halogens is 2. The second-order valence-corrected chi connectivity index (χ2v) is 10.9. The summed E-state index contributed by atoms with van der Waals surface area (Å²) in [5, 5.41) is 3.94. The van der Waals surface area contributed by atoms with E-state index in [1.807, 2.05) is 44.2 Å². The van der Waals surface area contributed by atoms with Gasteiger partial charge in [0.1, 0.15) is 17.2 Å². The molecule has 0 radical (unpaired) electrons. The number of rotatable bonds is 2. The molecule has 1 N–H and O–H groups in total. The maximum atomic E-state index is 14.3. The summed E-state index contributed by atoms with van der Waals surface area (Å²) in [6.07, 6.45) is 0. The molecular formula is C29H22ClFN4O3. The molecule has 2 amide bonds. The van der Waals surface area contributed by atoms with Crippen LogP contribution < -0.4 is 15.8 Å². The number of benzene rings is 3. The molecule has 0 saturated carbocycles. The summed E-state index contributed by atoms with van der Waals surface area (Å²) >= 11 is 6.03. The number of fused-ring (bicyclic) bond motifs is 8. The molecule has 2 fully saturated rings. The summed E-state index contributed by atoms with van der Waals surface area (Å²) < 4.78 is 15.5. The van der Waals surface area contributed by atoms with E-state index in [2.05, 4.69) is 5.32 Å². The Bertz CT molecular complexity index is 1770. The van der Waals surface area contributed by atoms with E-state index in [0.717, 1.165) is 16.5 Å². The summed E-state index contributed by atoms with van der Waals surface area (Å²) in [5.41, 5.74) is 0.628. The highest BCUT2D eigenvalue weighted by Gasteiger charge is 2.70. The molecule has 0 bridgehead atoms. The highest BCUT2D eigenvalue weighted by atomic mass is 35.5. The molecule has 9 heteroatoms. The van der Waals surface area contributed by atoms with Gasteiger partial charge in [-0.3, -0.25) is 24.3 Å². The van der Waals surface area contributed by atoms with Crippen molar-refractivity contribution in [2.75, 3.05) is 4.90 Å². The van der Waals surface area contributed by atoms with E-state index in [1.54, 1.807) is 22.8 Å². The number of aromatic nitrogens is 2. The highest BCUT2D eigenvalue weighted by molar-refractivity contribution is 6.31. The SMILES string of the molecule is CC(C)[C@@H]1N[C@@]2(c3ccccc3-n3c2nc2ccccc2c3=O)[C@H]2C(=O)N(c3ccc(F)c(Cl)c3)C(=O)[C@@H]12. The van der Waals surface area contributed by atoms with Crippen LogP contribution in [0.1, 0.15) is 25.2 Å². The van der Waals surface area contributed by atoms with Crippen LogP contribution in [0.2, 0.25) is 5.02 Å². The Labute approximate surface area is 221 Å². The number of carbonyl (C=O) groups is 2. The van der Waals surface area contributed by atoms with Crippen molar-refractivity contribution in [1.29, 1.82) is 0 Å². The van der Waals surface area contributed by atoms with Crippen molar-refractivity contribution in [3.8, 4) is 5.69 Å². The van der Waals surface area contributed by atoms with E-state index in [1.165, 1.54) is 12.1 Å². The first-order valence-corrected chi connectivity index (χ1v) is 12.9. The van der Waals surface area contributed by atoms with Crippen molar-refractivity contribution < 1.29 is 14.0 Å². The predicted molar refractivity (Wildman–Crippen MR) is 141 cm³/mol. The normalized spacial score (nSPS) is 25.5. The fourth-order valence-electron chi connectivity index (χ4n) is 6.60. The van der Waals surface area contributed by atoms with Crippen LogP contribution in [0.3, 0.4) is 0 Å². The molecule has 3 aliphatic heterocycles. The number of hydrogen-bond donors (Lipinski definition) is 1. The number of carbonyl (C=O) groups excluding carboxylic acids is 2. The van der Waals surface area contributed by atoms with Crippen LogP contribution in [0, 0.1) is 23.6 Å². The van der Waals surface area contributed by atoms with E-state index >= 15 is 0 Å². The lowest BCUT2D eigenvalue weighted by atomic mass is 9.75. The van der Waals surface area contributed by atoms with Crippen LogP contribution >= 0.6 is 11.6 Å². The zero-order valence-electron chi connectivity index (χ0n) is 20.5. The molecule has 1 spiro atoms. The number of amides is 2. The third-order valence-corrected chi connectivity index (χ3v) is 8.47. The molecule has 0 aliphatic carbocycles. The average Bonchev–Trinajstić information content (AvgIpc) is 3.50. The van der Waals surface area contributed by atoms with Gasteiger partial charge in [-0.05, 0) is 42.3 Å². The maximum absolute atomic E-state index is 14.3. The van der Waals surface area contributed by atoms with Gasteiger partial charge in [0, 0.05) is 11.6 Å². The Kier molecular flexibility index (Phi) is 4.78.